The standard InChI is InChI=1S/C16H29NO/c1-14-7-9-16(13-18,10-8-14)12-17(2)11-15-5-3-4-6-15/h13-15H,3-12H2,1-2H3. The molecule has 0 heterocycles. The van der Waals surface area contributed by atoms with Gasteiger partial charge in [-0.15, -0.1) is 0 Å². The van der Waals surface area contributed by atoms with Gasteiger partial charge in [0, 0.05) is 18.5 Å². The normalized spacial score (nSPS) is 34.1. The van der Waals surface area contributed by atoms with Gasteiger partial charge in [0.1, 0.15) is 6.29 Å². The van der Waals surface area contributed by atoms with Gasteiger partial charge in [0.05, 0.1) is 0 Å². The predicted octanol–water partition coefficient (Wildman–Crippen LogP) is 3.50. The summed E-state index contributed by atoms with van der Waals surface area (Å²) in [5.74, 6) is 1.71. The Morgan fingerprint density at radius 2 is 1.78 bits per heavy atom. The van der Waals surface area contributed by atoms with Crippen LogP contribution in [-0.4, -0.2) is 31.3 Å². The van der Waals surface area contributed by atoms with Crippen LogP contribution >= 0.6 is 0 Å². The zero-order valence-corrected chi connectivity index (χ0v) is 12.2. The van der Waals surface area contributed by atoms with E-state index in [0.717, 1.165) is 31.2 Å². The van der Waals surface area contributed by atoms with Crippen molar-refractivity contribution in [2.75, 3.05) is 20.1 Å². The number of hydrogen-bond acceptors (Lipinski definition) is 2. The molecule has 0 unspecified atom stereocenters. The maximum Gasteiger partial charge on any atom is 0.127 e. The van der Waals surface area contributed by atoms with Crippen LogP contribution in [0, 0.1) is 17.3 Å². The van der Waals surface area contributed by atoms with Crippen LogP contribution in [-0.2, 0) is 4.79 Å². The minimum atomic E-state index is -0.0279. The molecule has 104 valence electrons. The van der Waals surface area contributed by atoms with E-state index < -0.39 is 0 Å². The molecule has 2 saturated carbocycles. The Morgan fingerprint density at radius 1 is 1.17 bits per heavy atom. The summed E-state index contributed by atoms with van der Waals surface area (Å²) in [6.45, 7) is 4.50. The number of aldehydes is 1. The Bertz CT molecular complexity index is 262. The van der Waals surface area contributed by atoms with Gasteiger partial charge < -0.3 is 9.69 Å². The van der Waals surface area contributed by atoms with Gasteiger partial charge in [-0.3, -0.25) is 0 Å². The van der Waals surface area contributed by atoms with Gasteiger partial charge in [0.25, 0.3) is 0 Å². The molecule has 2 fully saturated rings. The van der Waals surface area contributed by atoms with Crippen LogP contribution in [0.2, 0.25) is 0 Å². The number of hydrogen-bond donors (Lipinski definition) is 0. The molecular formula is C16H29NO. The lowest BCUT2D eigenvalue weighted by Gasteiger charge is -2.38. The topological polar surface area (TPSA) is 20.3 Å². The molecule has 2 nitrogen and oxygen atoms in total. The third-order valence-corrected chi connectivity index (χ3v) is 5.15. The summed E-state index contributed by atoms with van der Waals surface area (Å²) < 4.78 is 0. The van der Waals surface area contributed by atoms with Gasteiger partial charge in [-0.2, -0.15) is 0 Å². The van der Waals surface area contributed by atoms with Crippen LogP contribution in [0.25, 0.3) is 0 Å². The van der Waals surface area contributed by atoms with Crippen LogP contribution in [0.3, 0.4) is 0 Å². The van der Waals surface area contributed by atoms with E-state index in [2.05, 4.69) is 18.9 Å². The second kappa shape index (κ2) is 6.18. The maximum atomic E-state index is 11.5. The molecule has 0 saturated heterocycles. The number of rotatable bonds is 5. The quantitative estimate of drug-likeness (QED) is 0.697. The van der Waals surface area contributed by atoms with E-state index >= 15 is 0 Å². The molecule has 0 radical (unpaired) electrons. The monoisotopic (exact) mass is 251 g/mol. The minimum Gasteiger partial charge on any atom is -0.305 e. The third kappa shape index (κ3) is 3.57. The van der Waals surface area contributed by atoms with Crippen LogP contribution in [0.4, 0.5) is 0 Å². The fourth-order valence-electron chi connectivity index (χ4n) is 3.89. The van der Waals surface area contributed by atoms with Gasteiger partial charge in [-0.05, 0) is 57.4 Å². The van der Waals surface area contributed by atoms with E-state index in [1.807, 2.05) is 0 Å². The Kier molecular flexibility index (Phi) is 4.83. The molecular weight excluding hydrogens is 222 g/mol. The van der Waals surface area contributed by atoms with Gasteiger partial charge in [-0.25, -0.2) is 0 Å². The Balaban J connectivity index is 1.83. The largest absolute Gasteiger partial charge is 0.305 e. The summed E-state index contributed by atoms with van der Waals surface area (Å²) in [6.07, 6.45) is 11.6. The van der Waals surface area contributed by atoms with E-state index in [1.165, 1.54) is 51.4 Å². The lowest BCUT2D eigenvalue weighted by atomic mass is 9.71. The molecule has 0 N–H and O–H groups in total. The zero-order valence-electron chi connectivity index (χ0n) is 12.2. The number of carbonyl (C=O) groups is 1. The first kappa shape index (κ1) is 14.0. The van der Waals surface area contributed by atoms with Crippen LogP contribution in [0.15, 0.2) is 0 Å². The van der Waals surface area contributed by atoms with Gasteiger partial charge in [0.2, 0.25) is 0 Å². The Labute approximate surface area is 112 Å². The molecule has 0 aromatic heterocycles. The molecule has 2 rings (SSSR count). The van der Waals surface area contributed by atoms with Crippen molar-refractivity contribution in [1.82, 2.24) is 4.90 Å². The van der Waals surface area contributed by atoms with Crippen LogP contribution < -0.4 is 0 Å². The van der Waals surface area contributed by atoms with Crippen molar-refractivity contribution in [1.29, 1.82) is 0 Å². The first-order valence-electron chi connectivity index (χ1n) is 7.78. The second-order valence-electron chi connectivity index (χ2n) is 7.01. The molecule has 0 spiro atoms. The molecule has 18 heavy (non-hydrogen) atoms. The molecule has 0 bridgehead atoms. The Hall–Kier alpha value is -0.370. The molecule has 0 amide bonds. The van der Waals surface area contributed by atoms with Crippen molar-refractivity contribution in [2.45, 2.75) is 58.3 Å². The fraction of sp³-hybridized carbons (Fsp3) is 0.938. The lowest BCUT2D eigenvalue weighted by Crippen LogP contribution is -2.41. The van der Waals surface area contributed by atoms with E-state index in [-0.39, 0.29) is 5.41 Å². The summed E-state index contributed by atoms with van der Waals surface area (Å²) >= 11 is 0. The maximum absolute atomic E-state index is 11.5. The molecule has 0 atom stereocenters. The molecule has 2 aliphatic carbocycles. The average molecular weight is 251 g/mol. The summed E-state index contributed by atoms with van der Waals surface area (Å²) in [5.41, 5.74) is -0.0279. The summed E-state index contributed by atoms with van der Waals surface area (Å²) in [4.78, 5) is 14.0. The first-order valence-corrected chi connectivity index (χ1v) is 7.78. The van der Waals surface area contributed by atoms with Gasteiger partial charge >= 0.3 is 0 Å². The highest BCUT2D eigenvalue weighted by Crippen LogP contribution is 2.38. The SMILES string of the molecule is CC1CCC(C=O)(CN(C)CC2CCCC2)CC1. The summed E-state index contributed by atoms with van der Waals surface area (Å²) in [6, 6.07) is 0. The first-order chi connectivity index (χ1) is 8.63. The van der Waals surface area contributed by atoms with Crippen molar-refractivity contribution >= 4 is 6.29 Å². The molecule has 2 heteroatoms. The lowest BCUT2D eigenvalue weighted by molar-refractivity contribution is -0.119. The highest BCUT2D eigenvalue weighted by atomic mass is 16.1. The fourth-order valence-corrected chi connectivity index (χ4v) is 3.89. The highest BCUT2D eigenvalue weighted by molar-refractivity contribution is 5.60. The van der Waals surface area contributed by atoms with Crippen molar-refractivity contribution < 1.29 is 4.79 Å². The van der Waals surface area contributed by atoms with Gasteiger partial charge in [-0.1, -0.05) is 19.8 Å². The van der Waals surface area contributed by atoms with Gasteiger partial charge in [0.15, 0.2) is 0 Å². The van der Waals surface area contributed by atoms with Crippen molar-refractivity contribution in [3.63, 3.8) is 0 Å². The van der Waals surface area contributed by atoms with E-state index in [9.17, 15) is 4.79 Å². The minimum absolute atomic E-state index is 0.0279. The molecule has 0 aliphatic heterocycles. The van der Waals surface area contributed by atoms with E-state index in [0.29, 0.717) is 0 Å². The summed E-state index contributed by atoms with van der Waals surface area (Å²) in [5, 5.41) is 0. The van der Waals surface area contributed by atoms with Crippen molar-refractivity contribution in [3.8, 4) is 0 Å². The smallest absolute Gasteiger partial charge is 0.127 e. The van der Waals surface area contributed by atoms with Crippen LogP contribution in [0.1, 0.15) is 58.3 Å². The van der Waals surface area contributed by atoms with Crippen LogP contribution in [0.5, 0.6) is 0 Å². The average Bonchev–Trinajstić information content (AvgIpc) is 2.85. The third-order valence-electron chi connectivity index (χ3n) is 5.15. The van der Waals surface area contributed by atoms with E-state index in [4.69, 9.17) is 0 Å². The second-order valence-corrected chi connectivity index (χ2v) is 7.01. The number of carbonyl (C=O) groups excluding carboxylic acids is 1. The van der Waals surface area contributed by atoms with Crippen molar-refractivity contribution in [3.05, 3.63) is 0 Å². The Morgan fingerprint density at radius 3 is 2.33 bits per heavy atom. The highest BCUT2D eigenvalue weighted by Gasteiger charge is 2.35. The predicted molar refractivity (Wildman–Crippen MR) is 75.6 cm³/mol. The molecule has 2 aliphatic rings. The zero-order chi connectivity index (χ0) is 13.0. The summed E-state index contributed by atoms with van der Waals surface area (Å²) in [7, 11) is 2.21. The van der Waals surface area contributed by atoms with Crippen molar-refractivity contribution in [2.24, 2.45) is 17.3 Å². The number of nitrogens with zero attached hydrogens (tertiary/aromatic N) is 1. The van der Waals surface area contributed by atoms with E-state index in [1.54, 1.807) is 0 Å². The molecule has 0 aromatic carbocycles. The molecule has 0 aromatic rings.